The molecular formula is C9H10N6OS. The van der Waals surface area contributed by atoms with E-state index in [-0.39, 0.29) is 11.5 Å². The van der Waals surface area contributed by atoms with E-state index >= 15 is 0 Å². The highest BCUT2D eigenvalue weighted by Gasteiger charge is 2.12. The van der Waals surface area contributed by atoms with Gasteiger partial charge in [-0.15, -0.1) is 0 Å². The van der Waals surface area contributed by atoms with Gasteiger partial charge in [0.25, 0.3) is 5.91 Å². The van der Waals surface area contributed by atoms with Crippen LogP contribution in [0.4, 0.5) is 11.5 Å². The molecule has 0 saturated heterocycles. The minimum atomic E-state index is -0.406. The third-order valence-electron chi connectivity index (χ3n) is 1.95. The predicted molar refractivity (Wildman–Crippen MR) is 65.5 cm³/mol. The Labute approximate surface area is 102 Å². The summed E-state index contributed by atoms with van der Waals surface area (Å²) in [5, 5.41) is 6.64. The largest absolute Gasteiger partial charge is 0.382 e. The summed E-state index contributed by atoms with van der Waals surface area (Å²) in [6, 6.07) is 0. The van der Waals surface area contributed by atoms with Gasteiger partial charge in [0.05, 0.1) is 18.1 Å². The number of hydrogen-bond donors (Lipinski definition) is 2. The van der Waals surface area contributed by atoms with E-state index in [1.54, 1.807) is 16.5 Å². The molecule has 0 bridgehead atoms. The molecule has 2 rings (SSSR count). The van der Waals surface area contributed by atoms with E-state index < -0.39 is 5.91 Å². The molecule has 0 aliphatic rings. The lowest BCUT2D eigenvalue weighted by Gasteiger charge is -2.02. The molecule has 0 aliphatic heterocycles. The first kappa shape index (κ1) is 11.4. The molecule has 0 atom stereocenters. The van der Waals surface area contributed by atoms with Gasteiger partial charge in [0.1, 0.15) is 0 Å². The molecule has 17 heavy (non-hydrogen) atoms. The first-order valence-electron chi connectivity index (χ1n) is 4.67. The summed E-state index contributed by atoms with van der Waals surface area (Å²) in [7, 11) is 0. The highest BCUT2D eigenvalue weighted by Crippen LogP contribution is 2.11. The van der Waals surface area contributed by atoms with Crippen molar-refractivity contribution in [3.8, 4) is 0 Å². The van der Waals surface area contributed by atoms with E-state index in [2.05, 4.69) is 20.4 Å². The van der Waals surface area contributed by atoms with Crippen molar-refractivity contribution in [2.45, 2.75) is 0 Å². The number of nitrogen functional groups attached to an aromatic ring is 1. The van der Waals surface area contributed by atoms with Crippen LogP contribution in [0.1, 0.15) is 10.5 Å². The second kappa shape index (κ2) is 4.83. The molecule has 0 aliphatic carbocycles. The average Bonchev–Trinajstić information content (AvgIpc) is 2.77. The lowest BCUT2D eigenvalue weighted by Crippen LogP contribution is -2.16. The van der Waals surface area contributed by atoms with Crippen LogP contribution in [0.25, 0.3) is 0 Å². The molecule has 0 saturated carbocycles. The van der Waals surface area contributed by atoms with Crippen LogP contribution in [0.5, 0.6) is 0 Å². The maximum Gasteiger partial charge on any atom is 0.278 e. The van der Waals surface area contributed by atoms with Gasteiger partial charge < -0.3 is 11.1 Å². The monoisotopic (exact) mass is 250 g/mol. The quantitative estimate of drug-likeness (QED) is 0.829. The standard InChI is InChI=1S/C9H10N6OS/c1-17-15-5-6(4-13-15)14-9(16)7-8(10)12-3-2-11-7/h2-5H,1H3,(H2,10,12)(H,14,16). The zero-order valence-corrected chi connectivity index (χ0v) is 9.81. The molecule has 0 fully saturated rings. The van der Waals surface area contributed by atoms with Gasteiger partial charge in [-0.1, -0.05) is 0 Å². The van der Waals surface area contributed by atoms with Crippen LogP contribution < -0.4 is 11.1 Å². The number of amides is 1. The maximum atomic E-state index is 11.8. The van der Waals surface area contributed by atoms with E-state index in [1.165, 1.54) is 24.3 Å². The Hall–Kier alpha value is -2.09. The Balaban J connectivity index is 2.14. The van der Waals surface area contributed by atoms with Gasteiger partial charge in [-0.3, -0.25) is 4.79 Å². The van der Waals surface area contributed by atoms with Crippen LogP contribution in [-0.4, -0.2) is 31.3 Å². The number of hydrogen-bond acceptors (Lipinski definition) is 6. The van der Waals surface area contributed by atoms with Crippen LogP contribution in [0.2, 0.25) is 0 Å². The summed E-state index contributed by atoms with van der Waals surface area (Å²) in [5.41, 5.74) is 6.23. The molecule has 2 heterocycles. The van der Waals surface area contributed by atoms with Crippen molar-refractivity contribution in [1.82, 2.24) is 19.2 Å². The number of anilines is 2. The second-order valence-corrected chi connectivity index (χ2v) is 3.80. The Morgan fingerprint density at radius 3 is 2.88 bits per heavy atom. The van der Waals surface area contributed by atoms with Gasteiger partial charge in [-0.2, -0.15) is 5.10 Å². The summed E-state index contributed by atoms with van der Waals surface area (Å²) in [6.45, 7) is 0. The first-order valence-corrected chi connectivity index (χ1v) is 5.86. The predicted octanol–water partition coefficient (Wildman–Crippen LogP) is 0.634. The fraction of sp³-hybridized carbons (Fsp3) is 0.111. The normalized spacial score (nSPS) is 10.2. The van der Waals surface area contributed by atoms with Crippen LogP contribution in [0.15, 0.2) is 24.8 Å². The van der Waals surface area contributed by atoms with Gasteiger partial charge in [0, 0.05) is 18.6 Å². The van der Waals surface area contributed by atoms with E-state index in [1.807, 2.05) is 6.26 Å². The van der Waals surface area contributed by atoms with Crippen molar-refractivity contribution in [3.05, 3.63) is 30.5 Å². The second-order valence-electron chi connectivity index (χ2n) is 3.06. The van der Waals surface area contributed by atoms with Crippen LogP contribution in [0.3, 0.4) is 0 Å². The van der Waals surface area contributed by atoms with Gasteiger partial charge in [-0.25, -0.2) is 14.1 Å². The van der Waals surface area contributed by atoms with E-state index in [4.69, 9.17) is 5.73 Å². The van der Waals surface area contributed by atoms with Crippen molar-refractivity contribution >= 4 is 29.4 Å². The number of nitrogens with one attached hydrogen (secondary N) is 1. The molecule has 88 valence electrons. The van der Waals surface area contributed by atoms with Crippen molar-refractivity contribution < 1.29 is 4.79 Å². The van der Waals surface area contributed by atoms with E-state index in [0.717, 1.165) is 0 Å². The summed E-state index contributed by atoms with van der Waals surface area (Å²) in [4.78, 5) is 19.5. The third-order valence-corrected chi connectivity index (χ3v) is 2.52. The number of nitrogens with two attached hydrogens (primary N) is 1. The van der Waals surface area contributed by atoms with Crippen molar-refractivity contribution in [2.75, 3.05) is 17.3 Å². The van der Waals surface area contributed by atoms with Gasteiger partial charge in [-0.05, 0) is 11.9 Å². The molecule has 0 aromatic carbocycles. The summed E-state index contributed by atoms with van der Waals surface area (Å²) < 4.78 is 1.62. The molecule has 0 spiro atoms. The number of nitrogens with zero attached hydrogens (tertiary/aromatic N) is 4. The van der Waals surface area contributed by atoms with Gasteiger partial charge in [0.2, 0.25) is 0 Å². The summed E-state index contributed by atoms with van der Waals surface area (Å²) >= 11 is 1.42. The Kier molecular flexibility index (Phi) is 3.24. The SMILES string of the molecule is CSn1cc(NC(=O)c2nccnc2N)cn1. The molecule has 8 heteroatoms. The fourth-order valence-corrected chi connectivity index (χ4v) is 1.54. The molecule has 0 radical (unpaired) electrons. The maximum absolute atomic E-state index is 11.8. The zero-order chi connectivity index (χ0) is 12.3. The summed E-state index contributed by atoms with van der Waals surface area (Å²) in [6.07, 6.45) is 7.95. The Morgan fingerprint density at radius 2 is 2.24 bits per heavy atom. The van der Waals surface area contributed by atoms with Gasteiger partial charge >= 0.3 is 0 Å². The minimum absolute atomic E-state index is 0.0993. The molecular weight excluding hydrogens is 240 g/mol. The topological polar surface area (TPSA) is 98.7 Å². The average molecular weight is 250 g/mol. The number of carbonyl (C=O) groups excluding carboxylic acids is 1. The fourth-order valence-electron chi connectivity index (χ4n) is 1.18. The smallest absolute Gasteiger partial charge is 0.278 e. The van der Waals surface area contributed by atoms with Crippen LogP contribution >= 0.6 is 11.9 Å². The molecule has 2 aromatic heterocycles. The van der Waals surface area contributed by atoms with E-state index in [0.29, 0.717) is 5.69 Å². The van der Waals surface area contributed by atoms with Gasteiger partial charge in [0.15, 0.2) is 11.5 Å². The highest BCUT2D eigenvalue weighted by molar-refractivity contribution is 7.97. The number of rotatable bonds is 3. The minimum Gasteiger partial charge on any atom is -0.382 e. The van der Waals surface area contributed by atoms with Crippen molar-refractivity contribution in [1.29, 1.82) is 0 Å². The molecule has 7 nitrogen and oxygen atoms in total. The van der Waals surface area contributed by atoms with Crippen molar-refractivity contribution in [3.63, 3.8) is 0 Å². The number of aromatic nitrogens is 4. The molecule has 3 N–H and O–H groups in total. The highest BCUT2D eigenvalue weighted by atomic mass is 32.2. The molecule has 1 amide bonds. The Bertz CT molecular complexity index is 540. The lowest BCUT2D eigenvalue weighted by atomic mass is 10.3. The van der Waals surface area contributed by atoms with Crippen LogP contribution in [-0.2, 0) is 0 Å². The Morgan fingerprint density at radius 1 is 1.47 bits per heavy atom. The molecule has 0 unspecified atom stereocenters. The van der Waals surface area contributed by atoms with Crippen molar-refractivity contribution in [2.24, 2.45) is 0 Å². The van der Waals surface area contributed by atoms with Crippen LogP contribution in [0, 0.1) is 0 Å². The molecule has 2 aromatic rings. The van der Waals surface area contributed by atoms with E-state index in [9.17, 15) is 4.79 Å². The zero-order valence-electron chi connectivity index (χ0n) is 8.99. The summed E-state index contributed by atoms with van der Waals surface area (Å²) in [5.74, 6) is -0.307. The first-order chi connectivity index (χ1) is 8.20. The lowest BCUT2D eigenvalue weighted by molar-refractivity contribution is 0.102. The third kappa shape index (κ3) is 2.53. The number of carbonyl (C=O) groups is 1.